The third-order valence-corrected chi connectivity index (χ3v) is 4.95. The highest BCUT2D eigenvalue weighted by Gasteiger charge is 2.23. The van der Waals surface area contributed by atoms with Gasteiger partial charge in [-0.3, -0.25) is 0 Å². The average molecular weight is 413 g/mol. The van der Waals surface area contributed by atoms with Gasteiger partial charge in [0.15, 0.2) is 23.1 Å². The fraction of sp³-hybridized carbons (Fsp3) is 0.238. The van der Waals surface area contributed by atoms with E-state index in [4.69, 9.17) is 30.8 Å². The van der Waals surface area contributed by atoms with Gasteiger partial charge in [-0.2, -0.15) is 0 Å². The molecule has 1 aliphatic heterocycles. The first kappa shape index (κ1) is 19.1. The van der Waals surface area contributed by atoms with Crippen LogP contribution in [0.15, 0.2) is 42.6 Å². The molecule has 29 heavy (non-hydrogen) atoms. The van der Waals surface area contributed by atoms with Crippen molar-refractivity contribution in [2.24, 2.45) is 0 Å². The SMILES string of the molecule is COc1cc(-c2cnc3c(n2)N(Cc2cccc(Cl)c2)CN3)cc(OC)c1OC. The highest BCUT2D eigenvalue weighted by Crippen LogP contribution is 2.41. The second-order valence-corrected chi connectivity index (χ2v) is 6.94. The van der Waals surface area contributed by atoms with Crippen LogP contribution in [0.5, 0.6) is 17.2 Å². The molecule has 0 saturated heterocycles. The molecule has 0 radical (unpaired) electrons. The predicted octanol–water partition coefficient (Wildman–Crippen LogP) is 4.21. The molecule has 0 bridgehead atoms. The lowest BCUT2D eigenvalue weighted by atomic mass is 10.1. The molecular formula is C21H21ClN4O3. The number of hydrogen-bond acceptors (Lipinski definition) is 7. The summed E-state index contributed by atoms with van der Waals surface area (Å²) in [6, 6.07) is 11.5. The number of nitrogens with zero attached hydrogens (tertiary/aromatic N) is 3. The molecule has 0 fully saturated rings. The Kier molecular flexibility index (Phi) is 5.31. The van der Waals surface area contributed by atoms with E-state index in [0.29, 0.717) is 41.2 Å². The van der Waals surface area contributed by atoms with Crippen molar-refractivity contribution in [2.45, 2.75) is 6.54 Å². The highest BCUT2D eigenvalue weighted by molar-refractivity contribution is 6.30. The number of anilines is 2. The van der Waals surface area contributed by atoms with Crippen LogP contribution in [0.2, 0.25) is 5.02 Å². The van der Waals surface area contributed by atoms with Crippen LogP contribution in [0.3, 0.4) is 0 Å². The van der Waals surface area contributed by atoms with E-state index in [0.717, 1.165) is 22.8 Å². The lowest BCUT2D eigenvalue weighted by molar-refractivity contribution is 0.324. The molecular weight excluding hydrogens is 392 g/mol. The van der Waals surface area contributed by atoms with Crippen molar-refractivity contribution in [1.29, 1.82) is 0 Å². The molecule has 0 aliphatic carbocycles. The van der Waals surface area contributed by atoms with Crippen molar-refractivity contribution in [1.82, 2.24) is 9.97 Å². The Morgan fingerprint density at radius 3 is 2.48 bits per heavy atom. The molecule has 8 heteroatoms. The number of ether oxygens (including phenoxy) is 3. The van der Waals surface area contributed by atoms with Gasteiger partial charge in [0.25, 0.3) is 0 Å². The van der Waals surface area contributed by atoms with Gasteiger partial charge in [-0.1, -0.05) is 23.7 Å². The van der Waals surface area contributed by atoms with Crippen molar-refractivity contribution in [3.63, 3.8) is 0 Å². The van der Waals surface area contributed by atoms with Crippen molar-refractivity contribution in [3.05, 3.63) is 53.2 Å². The lowest BCUT2D eigenvalue weighted by Gasteiger charge is -2.18. The van der Waals surface area contributed by atoms with Gasteiger partial charge in [0, 0.05) is 17.1 Å². The zero-order valence-electron chi connectivity index (χ0n) is 16.4. The van der Waals surface area contributed by atoms with Gasteiger partial charge in [0.1, 0.15) is 0 Å². The first-order chi connectivity index (χ1) is 14.1. The Bertz CT molecular complexity index is 1020. The number of benzene rings is 2. The number of halogens is 1. The van der Waals surface area contributed by atoms with Crippen LogP contribution >= 0.6 is 11.6 Å². The van der Waals surface area contributed by atoms with Crippen molar-refractivity contribution in [3.8, 4) is 28.5 Å². The molecule has 2 heterocycles. The van der Waals surface area contributed by atoms with E-state index in [1.807, 2.05) is 36.4 Å². The quantitative estimate of drug-likeness (QED) is 0.650. The number of rotatable bonds is 6. The predicted molar refractivity (Wildman–Crippen MR) is 113 cm³/mol. The van der Waals surface area contributed by atoms with E-state index in [1.54, 1.807) is 27.5 Å². The van der Waals surface area contributed by atoms with Gasteiger partial charge in [-0.05, 0) is 29.8 Å². The fourth-order valence-electron chi connectivity index (χ4n) is 3.32. The molecule has 1 N–H and O–H groups in total. The third-order valence-electron chi connectivity index (χ3n) is 4.71. The van der Waals surface area contributed by atoms with Crippen LogP contribution in [0.4, 0.5) is 11.6 Å². The molecule has 1 aliphatic rings. The molecule has 4 rings (SSSR count). The van der Waals surface area contributed by atoms with Gasteiger partial charge < -0.3 is 24.4 Å². The Labute approximate surface area is 174 Å². The Morgan fingerprint density at radius 2 is 1.83 bits per heavy atom. The van der Waals surface area contributed by atoms with Crippen molar-refractivity contribution < 1.29 is 14.2 Å². The molecule has 0 spiro atoms. The van der Waals surface area contributed by atoms with Gasteiger partial charge in [0.2, 0.25) is 5.75 Å². The molecule has 0 amide bonds. The smallest absolute Gasteiger partial charge is 0.203 e. The standard InChI is InChI=1S/C21H21ClN4O3/c1-27-17-8-14(9-18(28-2)19(17)29-3)16-10-23-20-21(25-16)26(12-24-20)11-13-5-4-6-15(22)7-13/h4-10H,11-12H2,1-3H3,(H,23,24). The van der Waals surface area contributed by atoms with Crippen molar-refractivity contribution >= 4 is 23.2 Å². The normalized spacial score (nSPS) is 12.3. The second kappa shape index (κ2) is 8.05. The van der Waals surface area contributed by atoms with Crippen molar-refractivity contribution in [2.75, 3.05) is 38.2 Å². The van der Waals surface area contributed by atoms with E-state index in [9.17, 15) is 0 Å². The topological polar surface area (TPSA) is 68.7 Å². The molecule has 2 aromatic carbocycles. The summed E-state index contributed by atoms with van der Waals surface area (Å²) in [5, 5.41) is 3.99. The summed E-state index contributed by atoms with van der Waals surface area (Å²) in [6.07, 6.45) is 1.73. The van der Waals surface area contributed by atoms with Crippen LogP contribution in [-0.4, -0.2) is 38.0 Å². The maximum atomic E-state index is 6.12. The first-order valence-corrected chi connectivity index (χ1v) is 9.41. The van der Waals surface area contributed by atoms with E-state index in [2.05, 4.69) is 15.2 Å². The number of hydrogen-bond donors (Lipinski definition) is 1. The van der Waals surface area contributed by atoms with Crippen LogP contribution in [0.25, 0.3) is 11.3 Å². The summed E-state index contributed by atoms with van der Waals surface area (Å²) in [4.78, 5) is 11.5. The summed E-state index contributed by atoms with van der Waals surface area (Å²) >= 11 is 6.12. The maximum absolute atomic E-state index is 6.12. The van der Waals surface area contributed by atoms with Gasteiger partial charge in [-0.25, -0.2) is 9.97 Å². The lowest BCUT2D eigenvalue weighted by Crippen LogP contribution is -2.22. The monoisotopic (exact) mass is 412 g/mol. The van der Waals surface area contributed by atoms with Gasteiger partial charge in [-0.15, -0.1) is 0 Å². The molecule has 7 nitrogen and oxygen atoms in total. The molecule has 1 aromatic heterocycles. The zero-order valence-corrected chi connectivity index (χ0v) is 17.2. The van der Waals surface area contributed by atoms with E-state index >= 15 is 0 Å². The first-order valence-electron chi connectivity index (χ1n) is 9.03. The molecule has 0 atom stereocenters. The van der Waals surface area contributed by atoms with E-state index in [1.165, 1.54) is 0 Å². The summed E-state index contributed by atoms with van der Waals surface area (Å²) in [6.45, 7) is 1.30. The van der Waals surface area contributed by atoms with Crippen LogP contribution in [0, 0.1) is 0 Å². The largest absolute Gasteiger partial charge is 0.493 e. The molecule has 3 aromatic rings. The summed E-state index contributed by atoms with van der Waals surface area (Å²) in [5.41, 5.74) is 2.64. The van der Waals surface area contributed by atoms with Crippen LogP contribution < -0.4 is 24.4 Å². The zero-order chi connectivity index (χ0) is 20.4. The molecule has 0 saturated carbocycles. The second-order valence-electron chi connectivity index (χ2n) is 6.50. The summed E-state index contributed by atoms with van der Waals surface area (Å²) < 4.78 is 16.3. The maximum Gasteiger partial charge on any atom is 0.203 e. The number of fused-ring (bicyclic) bond motifs is 1. The Hall–Kier alpha value is -3.19. The minimum atomic E-state index is 0.539. The molecule has 0 unspecified atom stereocenters. The van der Waals surface area contributed by atoms with E-state index < -0.39 is 0 Å². The highest BCUT2D eigenvalue weighted by atomic mass is 35.5. The molecule has 150 valence electrons. The Morgan fingerprint density at radius 1 is 1.07 bits per heavy atom. The summed E-state index contributed by atoms with van der Waals surface area (Å²) in [5.74, 6) is 3.22. The van der Waals surface area contributed by atoms with Crippen LogP contribution in [-0.2, 0) is 6.54 Å². The number of nitrogens with one attached hydrogen (secondary N) is 1. The van der Waals surface area contributed by atoms with Gasteiger partial charge in [0.05, 0.1) is 39.9 Å². The Balaban J connectivity index is 1.70. The number of methoxy groups -OCH3 is 3. The fourth-order valence-corrected chi connectivity index (χ4v) is 3.54. The average Bonchev–Trinajstić information content (AvgIpc) is 3.14. The summed E-state index contributed by atoms with van der Waals surface area (Å²) in [7, 11) is 4.76. The van der Waals surface area contributed by atoms with E-state index in [-0.39, 0.29) is 0 Å². The third kappa shape index (κ3) is 3.73. The van der Waals surface area contributed by atoms with Gasteiger partial charge >= 0.3 is 0 Å². The minimum absolute atomic E-state index is 0.539. The minimum Gasteiger partial charge on any atom is -0.493 e. The number of aromatic nitrogens is 2. The van der Waals surface area contributed by atoms with Crippen LogP contribution in [0.1, 0.15) is 5.56 Å².